The van der Waals surface area contributed by atoms with Crippen LogP contribution in [-0.4, -0.2) is 17.3 Å². The second kappa shape index (κ2) is 5.42. The van der Waals surface area contributed by atoms with Gasteiger partial charge < -0.3 is 10.1 Å². The number of hydrogen-bond donors (Lipinski definition) is 1. The molecule has 1 saturated heterocycles. The number of methoxy groups -OCH3 is 1. The van der Waals surface area contributed by atoms with Crippen LogP contribution in [0.25, 0.3) is 6.08 Å². The maximum atomic E-state index is 11.6. The second-order valence-electron chi connectivity index (χ2n) is 3.68. The van der Waals surface area contributed by atoms with E-state index in [1.165, 1.54) is 11.8 Å². The van der Waals surface area contributed by atoms with Crippen molar-refractivity contribution in [3.63, 3.8) is 0 Å². The van der Waals surface area contributed by atoms with Crippen LogP contribution in [0.3, 0.4) is 0 Å². The van der Waals surface area contributed by atoms with Gasteiger partial charge in [0.05, 0.1) is 12.0 Å². The normalized spacial score (nSPS) is 17.2. The van der Waals surface area contributed by atoms with E-state index in [0.29, 0.717) is 9.23 Å². The van der Waals surface area contributed by atoms with Gasteiger partial charge in [-0.15, -0.1) is 0 Å². The number of nitrogens with one attached hydrogen (secondary N) is 1. The zero-order valence-corrected chi connectivity index (χ0v) is 13.0. The molecule has 2 rings (SSSR count). The molecule has 0 unspecified atom stereocenters. The lowest BCUT2D eigenvalue weighted by Gasteiger charge is -2.08. The first kappa shape index (κ1) is 13.6. The van der Waals surface area contributed by atoms with Gasteiger partial charge in [0.25, 0.3) is 5.91 Å². The number of hydrogen-bond acceptors (Lipinski definition) is 4. The van der Waals surface area contributed by atoms with Crippen molar-refractivity contribution >= 4 is 56.2 Å². The molecule has 0 radical (unpaired) electrons. The van der Waals surface area contributed by atoms with Crippen molar-refractivity contribution in [3.05, 3.63) is 32.6 Å². The standard InChI is InChI=1S/C12H10BrNO2S2/c1-6-8(13)3-7(4-9(6)16-2)5-10-11(15)14-12(17)18-10/h3-5H,1-2H3,(H,14,15,17)/b10-5-. The van der Waals surface area contributed by atoms with Crippen LogP contribution in [0.15, 0.2) is 21.5 Å². The highest BCUT2D eigenvalue weighted by Gasteiger charge is 2.22. The lowest BCUT2D eigenvalue weighted by molar-refractivity contribution is -0.115. The molecular weight excluding hydrogens is 334 g/mol. The summed E-state index contributed by atoms with van der Waals surface area (Å²) in [4.78, 5) is 12.2. The number of benzene rings is 1. The Balaban J connectivity index is 2.41. The molecule has 1 aromatic carbocycles. The Morgan fingerprint density at radius 2 is 2.22 bits per heavy atom. The van der Waals surface area contributed by atoms with E-state index in [4.69, 9.17) is 17.0 Å². The largest absolute Gasteiger partial charge is 0.496 e. The molecule has 1 amide bonds. The molecule has 18 heavy (non-hydrogen) atoms. The van der Waals surface area contributed by atoms with E-state index in [1.54, 1.807) is 13.2 Å². The van der Waals surface area contributed by atoms with E-state index < -0.39 is 0 Å². The van der Waals surface area contributed by atoms with Crippen molar-refractivity contribution in [2.24, 2.45) is 0 Å². The Morgan fingerprint density at radius 3 is 2.78 bits per heavy atom. The molecule has 1 aliphatic rings. The molecule has 1 heterocycles. The molecule has 94 valence electrons. The van der Waals surface area contributed by atoms with Crippen LogP contribution < -0.4 is 10.1 Å². The van der Waals surface area contributed by atoms with Crippen LogP contribution in [0, 0.1) is 6.92 Å². The predicted molar refractivity (Wildman–Crippen MR) is 81.7 cm³/mol. The first-order valence-electron chi connectivity index (χ1n) is 5.10. The highest BCUT2D eigenvalue weighted by Crippen LogP contribution is 2.31. The SMILES string of the molecule is COc1cc(/C=C2\SC(=S)NC2=O)cc(Br)c1C. The molecule has 0 atom stereocenters. The topological polar surface area (TPSA) is 38.3 Å². The van der Waals surface area contributed by atoms with Crippen LogP contribution in [-0.2, 0) is 4.79 Å². The van der Waals surface area contributed by atoms with Gasteiger partial charge in [-0.05, 0) is 30.7 Å². The Bertz CT molecular complexity index is 569. The van der Waals surface area contributed by atoms with Crippen molar-refractivity contribution in [1.82, 2.24) is 5.32 Å². The minimum absolute atomic E-state index is 0.152. The van der Waals surface area contributed by atoms with Crippen LogP contribution in [0.2, 0.25) is 0 Å². The smallest absolute Gasteiger partial charge is 0.263 e. The van der Waals surface area contributed by atoms with Crippen molar-refractivity contribution in [3.8, 4) is 5.75 Å². The lowest BCUT2D eigenvalue weighted by Crippen LogP contribution is -2.17. The Labute approximate surface area is 123 Å². The molecule has 6 heteroatoms. The molecule has 0 aromatic heterocycles. The van der Waals surface area contributed by atoms with Gasteiger partial charge in [0, 0.05) is 10.0 Å². The monoisotopic (exact) mass is 343 g/mol. The van der Waals surface area contributed by atoms with Gasteiger partial charge in [-0.1, -0.05) is 39.9 Å². The zero-order valence-electron chi connectivity index (χ0n) is 9.74. The third-order valence-corrected chi connectivity index (χ3v) is 4.47. The maximum Gasteiger partial charge on any atom is 0.263 e. The predicted octanol–water partition coefficient (Wildman–Crippen LogP) is 3.25. The van der Waals surface area contributed by atoms with Crippen molar-refractivity contribution in [2.75, 3.05) is 7.11 Å². The highest BCUT2D eigenvalue weighted by molar-refractivity contribution is 9.10. The summed E-state index contributed by atoms with van der Waals surface area (Å²) in [7, 11) is 1.62. The van der Waals surface area contributed by atoms with Gasteiger partial charge in [-0.3, -0.25) is 4.79 Å². The molecular formula is C12H10BrNO2S2. The zero-order chi connectivity index (χ0) is 13.3. The van der Waals surface area contributed by atoms with Gasteiger partial charge >= 0.3 is 0 Å². The molecule has 0 spiro atoms. The minimum Gasteiger partial charge on any atom is -0.496 e. The summed E-state index contributed by atoms with van der Waals surface area (Å²) in [6, 6.07) is 3.84. The Hall–Kier alpha value is -0.850. The molecule has 1 N–H and O–H groups in total. The number of carbonyl (C=O) groups is 1. The van der Waals surface area contributed by atoms with Gasteiger partial charge in [-0.25, -0.2) is 0 Å². The molecule has 1 fully saturated rings. The van der Waals surface area contributed by atoms with Gasteiger partial charge in [0.1, 0.15) is 10.1 Å². The summed E-state index contributed by atoms with van der Waals surface area (Å²) >= 11 is 9.68. The van der Waals surface area contributed by atoms with E-state index in [-0.39, 0.29) is 5.91 Å². The summed E-state index contributed by atoms with van der Waals surface area (Å²) in [6.45, 7) is 1.96. The number of amides is 1. The van der Waals surface area contributed by atoms with Gasteiger partial charge in [0.2, 0.25) is 0 Å². The summed E-state index contributed by atoms with van der Waals surface area (Å²) in [5.41, 5.74) is 1.92. The summed E-state index contributed by atoms with van der Waals surface area (Å²) in [5.74, 6) is 0.628. The van der Waals surface area contributed by atoms with Gasteiger partial charge in [-0.2, -0.15) is 0 Å². The second-order valence-corrected chi connectivity index (χ2v) is 6.26. The number of thioether (sulfide) groups is 1. The van der Waals surface area contributed by atoms with Crippen LogP contribution in [0.4, 0.5) is 0 Å². The third-order valence-electron chi connectivity index (χ3n) is 2.48. The highest BCUT2D eigenvalue weighted by atomic mass is 79.9. The number of carbonyl (C=O) groups excluding carboxylic acids is 1. The quantitative estimate of drug-likeness (QED) is 0.660. The number of halogens is 1. The molecule has 0 bridgehead atoms. The third kappa shape index (κ3) is 2.76. The first-order valence-corrected chi connectivity index (χ1v) is 7.12. The average Bonchev–Trinajstić information content (AvgIpc) is 2.62. The number of ether oxygens (including phenoxy) is 1. The fourth-order valence-corrected chi connectivity index (χ4v) is 3.05. The summed E-state index contributed by atoms with van der Waals surface area (Å²) < 4.78 is 6.72. The first-order chi connectivity index (χ1) is 8.51. The molecule has 0 saturated carbocycles. The molecule has 1 aliphatic heterocycles. The number of thiocarbonyl (C=S) groups is 1. The van der Waals surface area contributed by atoms with Crippen LogP contribution >= 0.6 is 39.9 Å². The lowest BCUT2D eigenvalue weighted by atomic mass is 10.1. The fourth-order valence-electron chi connectivity index (χ4n) is 1.54. The van der Waals surface area contributed by atoms with E-state index >= 15 is 0 Å². The van der Waals surface area contributed by atoms with E-state index in [1.807, 2.05) is 19.1 Å². The van der Waals surface area contributed by atoms with Crippen LogP contribution in [0.1, 0.15) is 11.1 Å². The van der Waals surface area contributed by atoms with Crippen LogP contribution in [0.5, 0.6) is 5.75 Å². The summed E-state index contributed by atoms with van der Waals surface area (Å²) in [5, 5.41) is 2.59. The molecule has 3 nitrogen and oxygen atoms in total. The van der Waals surface area contributed by atoms with Crippen molar-refractivity contribution < 1.29 is 9.53 Å². The molecule has 1 aromatic rings. The van der Waals surface area contributed by atoms with E-state index in [2.05, 4.69) is 21.2 Å². The number of rotatable bonds is 2. The maximum absolute atomic E-state index is 11.6. The van der Waals surface area contributed by atoms with Crippen molar-refractivity contribution in [2.45, 2.75) is 6.92 Å². The average molecular weight is 344 g/mol. The summed E-state index contributed by atoms with van der Waals surface area (Å²) in [6.07, 6.45) is 1.80. The van der Waals surface area contributed by atoms with Crippen molar-refractivity contribution in [1.29, 1.82) is 0 Å². The fraction of sp³-hybridized carbons (Fsp3) is 0.167. The Morgan fingerprint density at radius 1 is 1.50 bits per heavy atom. The minimum atomic E-state index is -0.152. The Kier molecular flexibility index (Phi) is 4.09. The van der Waals surface area contributed by atoms with E-state index in [0.717, 1.165) is 21.3 Å². The van der Waals surface area contributed by atoms with E-state index in [9.17, 15) is 4.79 Å². The molecule has 0 aliphatic carbocycles. The van der Waals surface area contributed by atoms with Gasteiger partial charge in [0.15, 0.2) is 0 Å².